The van der Waals surface area contributed by atoms with Crippen molar-refractivity contribution in [1.82, 2.24) is 4.90 Å². The molecule has 2 aromatic carbocycles. The van der Waals surface area contributed by atoms with Crippen molar-refractivity contribution >= 4 is 28.8 Å². The van der Waals surface area contributed by atoms with Crippen molar-refractivity contribution in [2.45, 2.75) is 19.9 Å². The van der Waals surface area contributed by atoms with E-state index in [-0.39, 0.29) is 17.4 Å². The maximum Gasteiger partial charge on any atom is 0.269 e. The summed E-state index contributed by atoms with van der Waals surface area (Å²) in [4.78, 5) is 38.1. The van der Waals surface area contributed by atoms with Crippen molar-refractivity contribution < 1.29 is 18.9 Å². The topological polar surface area (TPSA) is 95.8 Å². The lowest BCUT2D eigenvalue weighted by Gasteiger charge is -2.38. The van der Waals surface area contributed by atoms with Crippen LogP contribution in [0, 0.1) is 15.9 Å². The van der Waals surface area contributed by atoms with Gasteiger partial charge in [0, 0.05) is 49.6 Å². The molecule has 9 heteroatoms. The molecule has 3 rings (SSSR count). The van der Waals surface area contributed by atoms with Crippen molar-refractivity contribution in [2.24, 2.45) is 0 Å². The van der Waals surface area contributed by atoms with Gasteiger partial charge in [0.25, 0.3) is 5.69 Å². The third-order valence-corrected chi connectivity index (χ3v) is 5.28. The van der Waals surface area contributed by atoms with E-state index in [4.69, 9.17) is 0 Å². The Kier molecular flexibility index (Phi) is 6.41. The first-order chi connectivity index (χ1) is 14.3. The summed E-state index contributed by atoms with van der Waals surface area (Å²) in [7, 11) is 0. The smallest absolute Gasteiger partial charge is 0.269 e. The number of non-ortho nitro benzene ring substituents is 1. The number of benzene rings is 2. The predicted octanol–water partition coefficient (Wildman–Crippen LogP) is 3.09. The number of Topliss-reactive ketones (excluding diaryl/α,β-unsaturated/α-hetero) is 1. The standard InChI is InChI=1S/C21H23FN4O4/c1-14(21(28)23-17-4-6-18(7-5-17)26(29)30)24-9-11-25(12-10-24)20-8-3-16(15(2)27)13-19(20)22/h3-8,13-14H,9-12H2,1-2H3,(H,23,28). The van der Waals surface area contributed by atoms with E-state index in [1.807, 2.05) is 9.80 Å². The molecule has 1 aliphatic rings. The van der Waals surface area contributed by atoms with Crippen molar-refractivity contribution in [3.63, 3.8) is 0 Å². The largest absolute Gasteiger partial charge is 0.367 e. The van der Waals surface area contributed by atoms with Crippen LogP contribution in [0.5, 0.6) is 0 Å². The molecule has 0 bridgehead atoms. The van der Waals surface area contributed by atoms with E-state index in [0.29, 0.717) is 43.1 Å². The van der Waals surface area contributed by atoms with Crippen molar-refractivity contribution in [3.8, 4) is 0 Å². The quantitative estimate of drug-likeness (QED) is 0.443. The second-order valence-corrected chi connectivity index (χ2v) is 7.21. The van der Waals surface area contributed by atoms with E-state index in [0.717, 1.165) is 0 Å². The fourth-order valence-electron chi connectivity index (χ4n) is 3.41. The number of nitrogens with one attached hydrogen (secondary N) is 1. The Morgan fingerprint density at radius 3 is 2.27 bits per heavy atom. The first-order valence-corrected chi connectivity index (χ1v) is 9.61. The van der Waals surface area contributed by atoms with Crippen molar-refractivity contribution in [3.05, 3.63) is 64.0 Å². The molecule has 1 aliphatic heterocycles. The Morgan fingerprint density at radius 2 is 1.73 bits per heavy atom. The number of carbonyl (C=O) groups is 2. The Hall–Kier alpha value is -3.33. The van der Waals surface area contributed by atoms with Gasteiger partial charge >= 0.3 is 0 Å². The molecule has 1 atom stereocenters. The van der Waals surface area contributed by atoms with Gasteiger partial charge in [0.1, 0.15) is 5.82 Å². The highest BCUT2D eigenvalue weighted by molar-refractivity contribution is 5.95. The van der Waals surface area contributed by atoms with Crippen LogP contribution in [0.4, 0.5) is 21.5 Å². The Balaban J connectivity index is 1.57. The summed E-state index contributed by atoms with van der Waals surface area (Å²) in [6.45, 7) is 5.43. The van der Waals surface area contributed by atoms with Crippen molar-refractivity contribution in [2.75, 3.05) is 36.4 Å². The Morgan fingerprint density at radius 1 is 1.10 bits per heavy atom. The Bertz CT molecular complexity index is 956. The molecule has 1 saturated heterocycles. The number of halogens is 1. The second-order valence-electron chi connectivity index (χ2n) is 7.21. The van der Waals surface area contributed by atoms with Gasteiger partial charge in [-0.2, -0.15) is 0 Å². The molecule has 0 aromatic heterocycles. The lowest BCUT2D eigenvalue weighted by Crippen LogP contribution is -2.53. The average Bonchev–Trinajstić information content (AvgIpc) is 2.73. The number of ketones is 1. The maximum atomic E-state index is 14.4. The number of nitro benzene ring substituents is 1. The monoisotopic (exact) mass is 414 g/mol. The number of nitro groups is 1. The van der Waals surface area contributed by atoms with E-state index in [9.17, 15) is 24.1 Å². The molecular formula is C21H23FN4O4. The van der Waals surface area contributed by atoms with E-state index < -0.39 is 16.8 Å². The SMILES string of the molecule is CC(=O)c1ccc(N2CCN(C(C)C(=O)Nc3ccc([N+](=O)[O-])cc3)CC2)c(F)c1. The molecule has 1 unspecified atom stereocenters. The molecule has 2 aromatic rings. The van der Waals surface area contributed by atoms with Gasteiger partial charge < -0.3 is 10.2 Å². The fraction of sp³-hybridized carbons (Fsp3) is 0.333. The lowest BCUT2D eigenvalue weighted by molar-refractivity contribution is -0.384. The summed E-state index contributed by atoms with van der Waals surface area (Å²) in [6.07, 6.45) is 0. The van der Waals surface area contributed by atoms with Crippen LogP contribution in [0.2, 0.25) is 0 Å². The summed E-state index contributed by atoms with van der Waals surface area (Å²) < 4.78 is 14.4. The van der Waals surface area contributed by atoms with Crippen LogP contribution in [0.3, 0.4) is 0 Å². The highest BCUT2D eigenvalue weighted by Gasteiger charge is 2.27. The van der Waals surface area contributed by atoms with Gasteiger partial charge in [0.15, 0.2) is 5.78 Å². The molecule has 0 aliphatic carbocycles. The third-order valence-electron chi connectivity index (χ3n) is 5.28. The van der Waals surface area contributed by atoms with Crippen LogP contribution in [0.25, 0.3) is 0 Å². The van der Waals surface area contributed by atoms with E-state index in [2.05, 4.69) is 5.32 Å². The number of amides is 1. The summed E-state index contributed by atoms with van der Waals surface area (Å²) >= 11 is 0. The van der Waals surface area contributed by atoms with Gasteiger partial charge in [0.2, 0.25) is 5.91 Å². The molecular weight excluding hydrogens is 391 g/mol. The Labute approximate surface area is 173 Å². The first-order valence-electron chi connectivity index (χ1n) is 9.61. The van der Waals surface area contributed by atoms with Gasteiger partial charge in [-0.15, -0.1) is 0 Å². The predicted molar refractivity (Wildman–Crippen MR) is 111 cm³/mol. The molecule has 1 N–H and O–H groups in total. The van der Waals surface area contributed by atoms with E-state index >= 15 is 0 Å². The number of anilines is 2. The number of piperazine rings is 1. The van der Waals surface area contributed by atoms with Crippen LogP contribution < -0.4 is 10.2 Å². The van der Waals surface area contributed by atoms with Gasteiger partial charge in [-0.25, -0.2) is 4.39 Å². The molecule has 158 valence electrons. The highest BCUT2D eigenvalue weighted by atomic mass is 19.1. The first kappa shape index (κ1) is 21.4. The number of nitrogens with zero attached hydrogens (tertiary/aromatic N) is 3. The van der Waals surface area contributed by atoms with Crippen LogP contribution >= 0.6 is 0 Å². The minimum absolute atomic E-state index is 0.0410. The van der Waals surface area contributed by atoms with Gasteiger partial charge in [0.05, 0.1) is 16.7 Å². The minimum atomic E-state index is -0.496. The zero-order chi connectivity index (χ0) is 21.8. The number of hydrogen-bond acceptors (Lipinski definition) is 6. The molecule has 8 nitrogen and oxygen atoms in total. The van der Waals surface area contributed by atoms with E-state index in [1.54, 1.807) is 19.1 Å². The molecule has 0 radical (unpaired) electrons. The zero-order valence-corrected chi connectivity index (χ0v) is 16.8. The van der Waals surface area contributed by atoms with Crippen molar-refractivity contribution in [1.29, 1.82) is 0 Å². The van der Waals surface area contributed by atoms with Gasteiger partial charge in [-0.3, -0.25) is 24.6 Å². The average molecular weight is 414 g/mol. The third kappa shape index (κ3) is 4.80. The lowest BCUT2D eigenvalue weighted by atomic mass is 10.1. The minimum Gasteiger partial charge on any atom is -0.367 e. The molecule has 0 spiro atoms. The highest BCUT2D eigenvalue weighted by Crippen LogP contribution is 2.23. The van der Waals surface area contributed by atoms with Gasteiger partial charge in [-0.1, -0.05) is 0 Å². The fourth-order valence-corrected chi connectivity index (χ4v) is 3.41. The van der Waals surface area contributed by atoms with Crippen LogP contribution in [0.1, 0.15) is 24.2 Å². The van der Waals surface area contributed by atoms with E-state index in [1.165, 1.54) is 37.3 Å². The van der Waals surface area contributed by atoms with Gasteiger partial charge in [-0.05, 0) is 44.2 Å². The molecule has 1 amide bonds. The normalized spacial score (nSPS) is 15.5. The number of rotatable bonds is 6. The number of carbonyl (C=O) groups excluding carboxylic acids is 2. The zero-order valence-electron chi connectivity index (χ0n) is 16.8. The summed E-state index contributed by atoms with van der Waals surface area (Å²) in [6, 6.07) is 9.75. The second kappa shape index (κ2) is 9.00. The number of hydrogen-bond donors (Lipinski definition) is 1. The van der Waals surface area contributed by atoms with Crippen LogP contribution in [-0.2, 0) is 4.79 Å². The molecule has 1 fully saturated rings. The summed E-state index contributed by atoms with van der Waals surface area (Å²) in [5.41, 5.74) is 1.23. The van der Waals surface area contributed by atoms with Crippen LogP contribution in [0.15, 0.2) is 42.5 Å². The molecule has 1 heterocycles. The summed E-state index contributed by atoms with van der Waals surface area (Å²) in [5.74, 6) is -0.826. The maximum absolute atomic E-state index is 14.4. The molecule has 0 saturated carbocycles. The van der Waals surface area contributed by atoms with Crippen LogP contribution in [-0.4, -0.2) is 53.7 Å². The summed E-state index contributed by atoms with van der Waals surface area (Å²) in [5, 5.41) is 13.5. The molecule has 30 heavy (non-hydrogen) atoms.